The molecule has 1 aliphatic heterocycles. The van der Waals surface area contributed by atoms with Crippen LogP contribution in [0.4, 0.5) is 8.78 Å². The smallest absolute Gasteiger partial charge is 0.387 e. The van der Waals surface area contributed by atoms with Crippen molar-refractivity contribution in [1.82, 2.24) is 10.3 Å². The van der Waals surface area contributed by atoms with Gasteiger partial charge in [-0.15, -0.1) is 0 Å². The van der Waals surface area contributed by atoms with Crippen molar-refractivity contribution in [2.24, 2.45) is 5.92 Å². The number of carbonyl (C=O) groups is 1. The summed E-state index contributed by atoms with van der Waals surface area (Å²) in [5, 5.41) is 3.70. The summed E-state index contributed by atoms with van der Waals surface area (Å²) in [6.45, 7) is -1.28. The van der Waals surface area contributed by atoms with Crippen molar-refractivity contribution in [1.29, 1.82) is 0 Å². The second kappa shape index (κ2) is 11.5. The number of nitrogens with one attached hydrogen (secondary N) is 1. The minimum atomic E-state index is -3.01. The number of pyridine rings is 1. The molecule has 1 saturated carbocycles. The van der Waals surface area contributed by atoms with Crippen LogP contribution in [0.3, 0.4) is 0 Å². The zero-order chi connectivity index (χ0) is 24.1. The van der Waals surface area contributed by atoms with Crippen LogP contribution in [-0.2, 0) is 20.7 Å². The molecule has 0 radical (unpaired) electrons. The largest absolute Gasteiger partial charge is 0.489 e. The van der Waals surface area contributed by atoms with Crippen LogP contribution < -0.4 is 14.8 Å². The van der Waals surface area contributed by atoms with Crippen LogP contribution in [0.25, 0.3) is 0 Å². The molecule has 0 unspecified atom stereocenters. The van der Waals surface area contributed by atoms with Gasteiger partial charge in [0.2, 0.25) is 0 Å². The predicted octanol–water partition coefficient (Wildman–Crippen LogP) is 4.59. The molecule has 2 fully saturated rings. The summed E-state index contributed by atoms with van der Waals surface area (Å²) in [4.78, 5) is 16.8. The number of benzene rings is 1. The van der Waals surface area contributed by atoms with Crippen molar-refractivity contribution in [3.05, 3.63) is 51.8 Å². The average molecular weight is 517 g/mol. The van der Waals surface area contributed by atoms with E-state index in [-0.39, 0.29) is 17.9 Å². The molecular weight excluding hydrogens is 493 g/mol. The average Bonchev–Trinajstić information content (AvgIpc) is 3.65. The van der Waals surface area contributed by atoms with E-state index in [1.165, 1.54) is 18.5 Å². The van der Waals surface area contributed by atoms with Crippen molar-refractivity contribution in [2.45, 2.75) is 38.1 Å². The molecule has 0 spiro atoms. The van der Waals surface area contributed by atoms with Gasteiger partial charge in [-0.25, -0.2) is 4.79 Å². The monoisotopic (exact) mass is 516 g/mol. The fourth-order valence-corrected chi connectivity index (χ4v) is 4.02. The molecule has 0 amide bonds. The van der Waals surface area contributed by atoms with Crippen molar-refractivity contribution in [2.75, 3.05) is 26.3 Å². The number of carbonyl (C=O) groups excluding carboxylic acids is 1. The zero-order valence-corrected chi connectivity index (χ0v) is 19.7. The van der Waals surface area contributed by atoms with E-state index in [9.17, 15) is 13.6 Å². The maximum atomic E-state index is 12.9. The third-order valence-corrected chi connectivity index (χ3v) is 6.17. The van der Waals surface area contributed by atoms with Crippen LogP contribution in [0, 0.1) is 5.92 Å². The maximum absolute atomic E-state index is 12.9. The molecule has 0 bridgehead atoms. The van der Waals surface area contributed by atoms with E-state index in [0.717, 1.165) is 12.8 Å². The summed E-state index contributed by atoms with van der Waals surface area (Å²) in [7, 11) is 0. The second-order valence-electron chi connectivity index (χ2n) is 8.11. The number of nitrogens with zero attached hydrogens (tertiary/aromatic N) is 1. The van der Waals surface area contributed by atoms with Gasteiger partial charge in [0.1, 0.15) is 6.10 Å². The minimum Gasteiger partial charge on any atom is -0.489 e. The molecule has 11 heteroatoms. The summed E-state index contributed by atoms with van der Waals surface area (Å²) in [6.07, 6.45) is 3.45. The fraction of sp³-hybridized carbons (Fsp3) is 0.478. The Kier molecular flexibility index (Phi) is 8.41. The molecule has 184 valence electrons. The highest BCUT2D eigenvalue weighted by atomic mass is 35.5. The lowest BCUT2D eigenvalue weighted by atomic mass is 10.0. The highest BCUT2D eigenvalue weighted by Crippen LogP contribution is 2.38. The van der Waals surface area contributed by atoms with E-state index in [2.05, 4.69) is 15.0 Å². The summed E-state index contributed by atoms with van der Waals surface area (Å²) >= 11 is 12.6. The first kappa shape index (κ1) is 24.9. The zero-order valence-electron chi connectivity index (χ0n) is 18.1. The lowest BCUT2D eigenvalue weighted by Crippen LogP contribution is -2.44. The Labute approximate surface area is 205 Å². The summed E-state index contributed by atoms with van der Waals surface area (Å²) < 4.78 is 47.6. The Bertz CT molecular complexity index is 983. The topological polar surface area (TPSA) is 78.9 Å². The van der Waals surface area contributed by atoms with Crippen molar-refractivity contribution in [3.63, 3.8) is 0 Å². The molecule has 7 nitrogen and oxygen atoms in total. The molecule has 34 heavy (non-hydrogen) atoms. The van der Waals surface area contributed by atoms with E-state index in [4.69, 9.17) is 37.4 Å². The van der Waals surface area contributed by atoms with E-state index >= 15 is 0 Å². The number of halogens is 4. The van der Waals surface area contributed by atoms with Crippen LogP contribution in [0.2, 0.25) is 10.0 Å². The molecule has 2 aromatic rings. The molecule has 2 heterocycles. The molecule has 4 rings (SSSR count). The Morgan fingerprint density at radius 2 is 1.97 bits per heavy atom. The number of esters is 1. The quantitative estimate of drug-likeness (QED) is 0.462. The molecule has 1 aliphatic carbocycles. The van der Waals surface area contributed by atoms with E-state index in [1.807, 2.05) is 0 Å². The first-order valence-corrected chi connectivity index (χ1v) is 11.7. The summed E-state index contributed by atoms with van der Waals surface area (Å²) in [6, 6.07) is 4.46. The molecule has 1 aromatic carbocycles. The molecule has 2 aliphatic rings. The van der Waals surface area contributed by atoms with Crippen LogP contribution in [0.1, 0.15) is 30.1 Å². The number of morpholine rings is 1. The lowest BCUT2D eigenvalue weighted by Gasteiger charge is -2.26. The second-order valence-corrected chi connectivity index (χ2v) is 8.93. The van der Waals surface area contributed by atoms with Gasteiger partial charge in [0.15, 0.2) is 17.6 Å². The molecular formula is C23H24Cl2F2N2O5. The number of ether oxygens (including phenoxy) is 4. The van der Waals surface area contributed by atoms with Gasteiger partial charge < -0.3 is 24.3 Å². The van der Waals surface area contributed by atoms with Crippen LogP contribution in [0.5, 0.6) is 11.5 Å². The molecule has 1 aromatic heterocycles. The van der Waals surface area contributed by atoms with Gasteiger partial charge in [0.05, 0.1) is 23.3 Å². The SMILES string of the molecule is O=C(O[C@@H](Cc1c(Cl)cncc1Cl)c1ccc(OC(F)F)c(OCC2CC2)c1)[C@H]1CNCCO1. The van der Waals surface area contributed by atoms with Crippen LogP contribution in [0.15, 0.2) is 30.6 Å². The predicted molar refractivity (Wildman–Crippen MR) is 121 cm³/mol. The van der Waals surface area contributed by atoms with Gasteiger partial charge in [-0.1, -0.05) is 29.3 Å². The van der Waals surface area contributed by atoms with Crippen LogP contribution in [-0.4, -0.2) is 50.0 Å². The third kappa shape index (κ3) is 6.69. The first-order chi connectivity index (χ1) is 16.4. The Morgan fingerprint density at radius 1 is 1.21 bits per heavy atom. The highest BCUT2D eigenvalue weighted by molar-refractivity contribution is 6.35. The Balaban J connectivity index is 1.63. The molecule has 1 saturated heterocycles. The van der Waals surface area contributed by atoms with Crippen molar-refractivity contribution < 1.29 is 32.5 Å². The van der Waals surface area contributed by atoms with E-state index in [1.54, 1.807) is 12.1 Å². The number of aromatic nitrogens is 1. The minimum absolute atomic E-state index is 0.0933. The maximum Gasteiger partial charge on any atom is 0.387 e. The van der Waals surface area contributed by atoms with Gasteiger partial charge in [0.25, 0.3) is 0 Å². The van der Waals surface area contributed by atoms with Gasteiger partial charge in [-0.05, 0) is 42.0 Å². The van der Waals surface area contributed by atoms with Gasteiger partial charge in [-0.2, -0.15) is 8.78 Å². The first-order valence-electron chi connectivity index (χ1n) is 10.9. The lowest BCUT2D eigenvalue weighted by molar-refractivity contribution is -0.164. The molecule has 2 atom stereocenters. The number of hydrogen-bond donors (Lipinski definition) is 1. The van der Waals surface area contributed by atoms with Crippen LogP contribution >= 0.6 is 23.2 Å². The highest BCUT2D eigenvalue weighted by Gasteiger charge is 2.29. The summed E-state index contributed by atoms with van der Waals surface area (Å²) in [5.74, 6) is -0.119. The summed E-state index contributed by atoms with van der Waals surface area (Å²) in [5.41, 5.74) is 1.04. The molecule has 1 N–H and O–H groups in total. The van der Waals surface area contributed by atoms with Gasteiger partial charge in [-0.3, -0.25) is 4.98 Å². The standard InChI is InChI=1S/C23H24Cl2F2N2O5/c24-16-9-29-10-17(25)15(16)8-19(33-22(30)21-11-28-5-6-31-21)14-3-4-18(34-23(26)27)20(7-14)32-12-13-1-2-13/h3-4,7,9-10,13,19,21,23,28H,1-2,5-6,8,11-12H2/t19-,21+/m0/s1. The van der Waals surface area contributed by atoms with E-state index < -0.39 is 24.8 Å². The van der Waals surface area contributed by atoms with Crippen molar-refractivity contribution >= 4 is 29.2 Å². The Morgan fingerprint density at radius 3 is 2.62 bits per heavy atom. The van der Waals surface area contributed by atoms with Gasteiger partial charge in [0, 0.05) is 31.9 Å². The Hall–Kier alpha value is -2.20. The number of rotatable bonds is 10. The fourth-order valence-electron chi connectivity index (χ4n) is 3.50. The van der Waals surface area contributed by atoms with Crippen molar-refractivity contribution in [3.8, 4) is 11.5 Å². The third-order valence-electron chi connectivity index (χ3n) is 5.52. The van der Waals surface area contributed by atoms with Gasteiger partial charge >= 0.3 is 12.6 Å². The van der Waals surface area contributed by atoms with E-state index in [0.29, 0.717) is 53.4 Å². The number of hydrogen-bond acceptors (Lipinski definition) is 7. The number of alkyl halides is 2. The normalized spacial score (nSPS) is 19.0.